The van der Waals surface area contributed by atoms with Crippen LogP contribution >= 0.6 is 0 Å². The average molecular weight is 273 g/mol. The highest BCUT2D eigenvalue weighted by Gasteiger charge is 2.32. The Morgan fingerprint density at radius 1 is 1.26 bits per heavy atom. The minimum atomic E-state index is -1.28. The Labute approximate surface area is 113 Å². The first-order chi connectivity index (χ1) is 8.73. The van der Waals surface area contributed by atoms with Gasteiger partial charge in [-0.1, -0.05) is 0 Å². The summed E-state index contributed by atoms with van der Waals surface area (Å²) in [6.07, 6.45) is -1.14. The van der Waals surface area contributed by atoms with Gasteiger partial charge in [0.1, 0.15) is 0 Å². The van der Waals surface area contributed by atoms with Crippen molar-refractivity contribution in [3.8, 4) is 0 Å². The number of hydrogen-bond donors (Lipinski definition) is 3. The minimum Gasteiger partial charge on any atom is -0.480 e. The van der Waals surface area contributed by atoms with Gasteiger partial charge in [0, 0.05) is 25.2 Å². The largest absolute Gasteiger partial charge is 0.480 e. The number of piperazine rings is 1. The van der Waals surface area contributed by atoms with E-state index >= 15 is 0 Å². The second kappa shape index (κ2) is 6.21. The van der Waals surface area contributed by atoms with Crippen LogP contribution in [0.15, 0.2) is 0 Å². The molecule has 0 aliphatic carbocycles. The van der Waals surface area contributed by atoms with E-state index in [4.69, 9.17) is 5.11 Å². The Morgan fingerprint density at radius 2 is 1.74 bits per heavy atom. The van der Waals surface area contributed by atoms with Crippen LogP contribution in [-0.4, -0.2) is 76.4 Å². The maximum atomic E-state index is 12.0. The third-order valence-electron chi connectivity index (χ3n) is 3.67. The number of carbonyl (C=O) groups excluding carboxylic acids is 1. The molecule has 1 aliphatic rings. The molecule has 1 aliphatic heterocycles. The molecule has 0 aromatic carbocycles. The molecule has 0 saturated carbocycles. The molecule has 1 rings (SSSR count). The van der Waals surface area contributed by atoms with E-state index in [1.54, 1.807) is 4.90 Å². The Kier molecular flexibility index (Phi) is 5.13. The quantitative estimate of drug-likeness (QED) is 0.648. The molecule has 7 nitrogen and oxygen atoms in total. The van der Waals surface area contributed by atoms with Crippen LogP contribution in [0.1, 0.15) is 20.8 Å². The summed E-state index contributed by atoms with van der Waals surface area (Å²) in [6, 6.07) is -1.30. The monoisotopic (exact) mass is 273 g/mol. The standard InChI is InChI=1S/C12H23N3O4/c1-7-5-15(6-8(2)14(7)4)12(19)13-10(9(3)16)11(17)18/h7-10,16H,5-6H2,1-4H3,(H,13,19)(H,17,18). The molecule has 110 valence electrons. The highest BCUT2D eigenvalue weighted by Crippen LogP contribution is 2.13. The number of aliphatic hydroxyl groups excluding tert-OH is 1. The van der Waals surface area contributed by atoms with Gasteiger partial charge in [0.25, 0.3) is 0 Å². The van der Waals surface area contributed by atoms with Crippen LogP contribution in [0.5, 0.6) is 0 Å². The van der Waals surface area contributed by atoms with Gasteiger partial charge in [-0.25, -0.2) is 9.59 Å². The van der Waals surface area contributed by atoms with Crippen LogP contribution in [0, 0.1) is 0 Å². The summed E-state index contributed by atoms with van der Waals surface area (Å²) in [5, 5.41) is 20.6. The molecule has 7 heteroatoms. The number of amides is 2. The first kappa shape index (κ1) is 15.7. The van der Waals surface area contributed by atoms with Crippen molar-refractivity contribution in [2.75, 3.05) is 20.1 Å². The summed E-state index contributed by atoms with van der Waals surface area (Å²) < 4.78 is 0. The van der Waals surface area contributed by atoms with Crippen molar-refractivity contribution >= 4 is 12.0 Å². The number of carboxylic acids is 1. The lowest BCUT2D eigenvalue weighted by atomic mass is 10.1. The van der Waals surface area contributed by atoms with E-state index in [1.807, 2.05) is 20.9 Å². The third kappa shape index (κ3) is 3.81. The van der Waals surface area contributed by atoms with Gasteiger partial charge < -0.3 is 20.4 Å². The highest BCUT2D eigenvalue weighted by molar-refractivity contribution is 5.83. The van der Waals surface area contributed by atoms with Gasteiger partial charge in [0.15, 0.2) is 6.04 Å². The number of aliphatic carboxylic acids is 1. The molecule has 2 amide bonds. The van der Waals surface area contributed by atoms with Crippen molar-refractivity contribution in [2.24, 2.45) is 0 Å². The molecule has 1 saturated heterocycles. The van der Waals surface area contributed by atoms with E-state index in [0.29, 0.717) is 13.1 Å². The number of carboxylic acid groups (broad SMARTS) is 1. The molecular formula is C12H23N3O4. The molecule has 0 aromatic heterocycles. The number of carbonyl (C=O) groups is 2. The van der Waals surface area contributed by atoms with Crippen LogP contribution in [0.4, 0.5) is 4.79 Å². The van der Waals surface area contributed by atoms with E-state index in [-0.39, 0.29) is 12.1 Å². The maximum absolute atomic E-state index is 12.0. The SMILES string of the molecule is CC(O)C(NC(=O)N1CC(C)N(C)C(C)C1)C(=O)O. The predicted molar refractivity (Wildman–Crippen MR) is 69.9 cm³/mol. The summed E-state index contributed by atoms with van der Waals surface area (Å²) in [5.41, 5.74) is 0. The summed E-state index contributed by atoms with van der Waals surface area (Å²) in [5.74, 6) is -1.24. The van der Waals surface area contributed by atoms with Crippen molar-refractivity contribution in [1.82, 2.24) is 15.1 Å². The number of urea groups is 1. The summed E-state index contributed by atoms with van der Waals surface area (Å²) in [6.45, 7) is 6.45. The molecule has 1 heterocycles. The van der Waals surface area contributed by atoms with E-state index in [9.17, 15) is 14.7 Å². The molecule has 4 atom stereocenters. The Balaban J connectivity index is 2.65. The molecule has 1 fully saturated rings. The van der Waals surface area contributed by atoms with Crippen molar-refractivity contribution in [3.63, 3.8) is 0 Å². The molecule has 0 bridgehead atoms. The van der Waals surface area contributed by atoms with E-state index in [2.05, 4.69) is 10.2 Å². The summed E-state index contributed by atoms with van der Waals surface area (Å²) >= 11 is 0. The lowest BCUT2D eigenvalue weighted by Crippen LogP contribution is -2.60. The average Bonchev–Trinajstić information content (AvgIpc) is 2.31. The fourth-order valence-electron chi connectivity index (χ4n) is 2.18. The number of hydrogen-bond acceptors (Lipinski definition) is 4. The summed E-state index contributed by atoms with van der Waals surface area (Å²) in [7, 11) is 2.00. The van der Waals surface area contributed by atoms with Gasteiger partial charge in [0.2, 0.25) is 0 Å². The molecule has 4 unspecified atom stereocenters. The van der Waals surface area contributed by atoms with Crippen LogP contribution in [0.25, 0.3) is 0 Å². The second-order valence-corrected chi connectivity index (χ2v) is 5.27. The van der Waals surface area contributed by atoms with Crippen molar-refractivity contribution in [1.29, 1.82) is 0 Å². The number of nitrogens with one attached hydrogen (secondary N) is 1. The number of aliphatic hydroxyl groups is 1. The van der Waals surface area contributed by atoms with Crippen LogP contribution < -0.4 is 5.32 Å². The first-order valence-corrected chi connectivity index (χ1v) is 6.42. The molecule has 19 heavy (non-hydrogen) atoms. The van der Waals surface area contributed by atoms with Crippen molar-refractivity contribution in [3.05, 3.63) is 0 Å². The minimum absolute atomic E-state index is 0.212. The first-order valence-electron chi connectivity index (χ1n) is 6.42. The fourth-order valence-corrected chi connectivity index (χ4v) is 2.18. The van der Waals surface area contributed by atoms with E-state index in [0.717, 1.165) is 0 Å². The van der Waals surface area contributed by atoms with Gasteiger partial charge in [-0.05, 0) is 27.8 Å². The van der Waals surface area contributed by atoms with Gasteiger partial charge in [0.05, 0.1) is 6.10 Å². The zero-order valence-electron chi connectivity index (χ0n) is 11.8. The van der Waals surface area contributed by atoms with Crippen molar-refractivity contribution in [2.45, 2.75) is 45.0 Å². The maximum Gasteiger partial charge on any atom is 0.328 e. The third-order valence-corrected chi connectivity index (χ3v) is 3.67. The predicted octanol–water partition coefficient (Wildman–Crippen LogP) is -0.446. The number of rotatable bonds is 3. The normalized spacial score (nSPS) is 27.7. The van der Waals surface area contributed by atoms with Gasteiger partial charge in [-0.2, -0.15) is 0 Å². The lowest BCUT2D eigenvalue weighted by Gasteiger charge is -2.42. The van der Waals surface area contributed by atoms with Crippen LogP contribution in [0.2, 0.25) is 0 Å². The number of nitrogens with zero attached hydrogens (tertiary/aromatic N) is 2. The zero-order chi connectivity index (χ0) is 14.7. The molecule has 0 spiro atoms. The summed E-state index contributed by atoms with van der Waals surface area (Å²) in [4.78, 5) is 26.7. The smallest absolute Gasteiger partial charge is 0.328 e. The zero-order valence-corrected chi connectivity index (χ0v) is 11.8. The molecular weight excluding hydrogens is 250 g/mol. The Bertz CT molecular complexity index is 336. The Morgan fingerprint density at radius 3 is 2.11 bits per heavy atom. The van der Waals surface area contributed by atoms with Gasteiger partial charge in [-0.3, -0.25) is 4.90 Å². The van der Waals surface area contributed by atoms with E-state index < -0.39 is 24.1 Å². The second-order valence-electron chi connectivity index (χ2n) is 5.27. The van der Waals surface area contributed by atoms with Crippen molar-refractivity contribution < 1.29 is 19.8 Å². The van der Waals surface area contributed by atoms with Crippen LogP contribution in [-0.2, 0) is 4.79 Å². The van der Waals surface area contributed by atoms with Gasteiger partial charge in [-0.15, -0.1) is 0 Å². The highest BCUT2D eigenvalue weighted by atomic mass is 16.4. The molecule has 0 aromatic rings. The molecule has 0 radical (unpaired) electrons. The lowest BCUT2D eigenvalue weighted by molar-refractivity contribution is -0.141. The molecule has 3 N–H and O–H groups in total. The fraction of sp³-hybridized carbons (Fsp3) is 0.833. The Hall–Kier alpha value is -1.34. The topological polar surface area (TPSA) is 93.1 Å². The van der Waals surface area contributed by atoms with Crippen LogP contribution in [0.3, 0.4) is 0 Å². The van der Waals surface area contributed by atoms with E-state index in [1.165, 1.54) is 6.92 Å². The van der Waals surface area contributed by atoms with Gasteiger partial charge >= 0.3 is 12.0 Å². The number of likely N-dealkylation sites (N-methyl/N-ethyl adjacent to an activating group) is 1.